The molecule has 0 saturated heterocycles. The fraction of sp³-hybridized carbons (Fsp3) is 0.182. The van der Waals surface area contributed by atoms with Gasteiger partial charge in [-0.2, -0.15) is 0 Å². The van der Waals surface area contributed by atoms with Crippen molar-refractivity contribution >= 4 is 43.0 Å². The van der Waals surface area contributed by atoms with E-state index in [4.69, 9.17) is 5.73 Å². The minimum Gasteiger partial charge on any atom is -0.399 e. The summed E-state index contributed by atoms with van der Waals surface area (Å²) in [6, 6.07) is 2.40. The standard InChI is InChI=1S/C11H11BrFN3O2S2/c12-8-5-7(14)6-9(11(8)13)20(17,18)16-2-1-10-15-3-4-19-10/h3-6,16H,1-2,14H2. The second-order valence-corrected chi connectivity index (χ2v) is 7.46. The highest BCUT2D eigenvalue weighted by Crippen LogP contribution is 2.25. The molecule has 0 bridgehead atoms. The molecule has 1 heterocycles. The van der Waals surface area contributed by atoms with Crippen LogP contribution in [0.5, 0.6) is 0 Å². The molecule has 108 valence electrons. The van der Waals surface area contributed by atoms with Crippen molar-refractivity contribution in [1.29, 1.82) is 0 Å². The van der Waals surface area contributed by atoms with Crippen LogP contribution in [-0.2, 0) is 16.4 Å². The first kappa shape index (κ1) is 15.4. The van der Waals surface area contributed by atoms with E-state index < -0.39 is 20.7 Å². The number of thiazole rings is 1. The molecule has 0 aliphatic rings. The van der Waals surface area contributed by atoms with Crippen molar-refractivity contribution in [3.63, 3.8) is 0 Å². The third-order valence-electron chi connectivity index (χ3n) is 2.42. The Morgan fingerprint density at radius 1 is 1.45 bits per heavy atom. The molecule has 1 aromatic carbocycles. The van der Waals surface area contributed by atoms with E-state index in [0.29, 0.717) is 6.42 Å². The van der Waals surface area contributed by atoms with Crippen LogP contribution in [0.3, 0.4) is 0 Å². The van der Waals surface area contributed by atoms with Gasteiger partial charge < -0.3 is 5.73 Å². The monoisotopic (exact) mass is 379 g/mol. The number of nitrogens with zero attached hydrogens (tertiary/aromatic N) is 1. The Kier molecular flexibility index (Phi) is 4.74. The largest absolute Gasteiger partial charge is 0.399 e. The first-order chi connectivity index (χ1) is 9.40. The van der Waals surface area contributed by atoms with Crippen LogP contribution in [0.2, 0.25) is 0 Å². The van der Waals surface area contributed by atoms with Crippen LogP contribution in [0, 0.1) is 5.82 Å². The molecule has 0 atom stereocenters. The van der Waals surface area contributed by atoms with Crippen molar-refractivity contribution in [1.82, 2.24) is 9.71 Å². The lowest BCUT2D eigenvalue weighted by Crippen LogP contribution is -2.27. The molecule has 0 fully saturated rings. The van der Waals surface area contributed by atoms with Gasteiger partial charge in [-0.3, -0.25) is 0 Å². The molecule has 2 aromatic rings. The van der Waals surface area contributed by atoms with Crippen molar-refractivity contribution in [3.8, 4) is 0 Å². The lowest BCUT2D eigenvalue weighted by atomic mass is 10.3. The van der Waals surface area contributed by atoms with Gasteiger partial charge in [-0.25, -0.2) is 22.5 Å². The second-order valence-electron chi connectivity index (χ2n) is 3.89. The zero-order valence-corrected chi connectivity index (χ0v) is 13.4. The van der Waals surface area contributed by atoms with Crippen molar-refractivity contribution in [3.05, 3.63) is 39.0 Å². The average Bonchev–Trinajstić information content (AvgIpc) is 2.86. The number of aromatic nitrogens is 1. The number of hydrogen-bond acceptors (Lipinski definition) is 5. The summed E-state index contributed by atoms with van der Waals surface area (Å²) in [5.74, 6) is -0.860. The number of benzene rings is 1. The van der Waals surface area contributed by atoms with Crippen LogP contribution in [0.4, 0.5) is 10.1 Å². The number of nitrogens with one attached hydrogen (secondary N) is 1. The molecule has 2 rings (SSSR count). The molecule has 20 heavy (non-hydrogen) atoms. The van der Waals surface area contributed by atoms with E-state index in [1.54, 1.807) is 11.6 Å². The lowest BCUT2D eigenvalue weighted by Gasteiger charge is -2.09. The Balaban J connectivity index is 2.14. The van der Waals surface area contributed by atoms with Crippen LogP contribution in [0.1, 0.15) is 5.01 Å². The summed E-state index contributed by atoms with van der Waals surface area (Å²) in [5.41, 5.74) is 5.70. The molecule has 0 aliphatic carbocycles. The van der Waals surface area contributed by atoms with Gasteiger partial charge in [-0.15, -0.1) is 11.3 Å². The molecule has 0 radical (unpaired) electrons. The third kappa shape index (κ3) is 3.54. The molecular weight excluding hydrogens is 369 g/mol. The van der Waals surface area contributed by atoms with Crippen molar-refractivity contribution in [2.75, 3.05) is 12.3 Å². The van der Waals surface area contributed by atoms with E-state index >= 15 is 0 Å². The van der Waals surface area contributed by atoms with Gasteiger partial charge in [0, 0.05) is 30.2 Å². The number of halogens is 2. The maximum absolute atomic E-state index is 13.8. The van der Waals surface area contributed by atoms with Gasteiger partial charge in [0.2, 0.25) is 10.0 Å². The second kappa shape index (κ2) is 6.17. The summed E-state index contributed by atoms with van der Waals surface area (Å²) in [4.78, 5) is 3.57. The molecule has 5 nitrogen and oxygen atoms in total. The molecule has 0 spiro atoms. The van der Waals surface area contributed by atoms with Gasteiger partial charge in [-0.1, -0.05) is 0 Å². The Morgan fingerprint density at radius 3 is 2.85 bits per heavy atom. The quantitative estimate of drug-likeness (QED) is 0.779. The molecule has 0 saturated carbocycles. The molecule has 0 aliphatic heterocycles. The number of anilines is 1. The number of hydrogen-bond donors (Lipinski definition) is 2. The highest BCUT2D eigenvalue weighted by atomic mass is 79.9. The van der Waals surface area contributed by atoms with Gasteiger partial charge >= 0.3 is 0 Å². The summed E-state index contributed by atoms with van der Waals surface area (Å²) in [5, 5.41) is 2.61. The van der Waals surface area contributed by atoms with E-state index in [2.05, 4.69) is 25.6 Å². The van der Waals surface area contributed by atoms with Crippen molar-refractivity contribution < 1.29 is 12.8 Å². The molecule has 1 aromatic heterocycles. The highest BCUT2D eigenvalue weighted by Gasteiger charge is 2.21. The van der Waals surface area contributed by atoms with Crippen molar-refractivity contribution in [2.24, 2.45) is 0 Å². The van der Waals surface area contributed by atoms with E-state index in [0.717, 1.165) is 11.1 Å². The number of nitrogens with two attached hydrogens (primary N) is 1. The van der Waals surface area contributed by atoms with E-state index in [1.807, 2.05) is 0 Å². The smallest absolute Gasteiger partial charge is 0.243 e. The Morgan fingerprint density at radius 2 is 2.20 bits per heavy atom. The predicted molar refractivity (Wildman–Crippen MR) is 79.5 cm³/mol. The zero-order chi connectivity index (χ0) is 14.8. The maximum Gasteiger partial charge on any atom is 0.243 e. The van der Waals surface area contributed by atoms with Gasteiger partial charge in [0.05, 0.1) is 9.48 Å². The van der Waals surface area contributed by atoms with Crippen LogP contribution < -0.4 is 10.5 Å². The maximum atomic E-state index is 13.8. The SMILES string of the molecule is Nc1cc(Br)c(F)c(S(=O)(=O)NCCc2nccs2)c1. The summed E-state index contributed by atoms with van der Waals surface area (Å²) in [6.07, 6.45) is 2.09. The summed E-state index contributed by atoms with van der Waals surface area (Å²) in [7, 11) is -3.95. The summed E-state index contributed by atoms with van der Waals surface area (Å²) < 4.78 is 40.3. The molecule has 0 unspecified atom stereocenters. The van der Waals surface area contributed by atoms with Gasteiger partial charge in [0.1, 0.15) is 4.90 Å². The fourth-order valence-corrected chi connectivity index (χ4v) is 3.92. The number of rotatable bonds is 5. The Hall–Kier alpha value is -1.03. The Labute approximate surface area is 128 Å². The lowest BCUT2D eigenvalue weighted by molar-refractivity contribution is 0.554. The third-order valence-corrected chi connectivity index (χ3v) is 5.30. The minimum absolute atomic E-state index is 0.0119. The normalized spacial score (nSPS) is 11.7. The van der Waals surface area contributed by atoms with Crippen LogP contribution in [-0.4, -0.2) is 19.9 Å². The topological polar surface area (TPSA) is 85.1 Å². The van der Waals surface area contributed by atoms with E-state index in [-0.39, 0.29) is 16.7 Å². The average molecular weight is 380 g/mol. The number of nitrogen functional groups attached to an aromatic ring is 1. The fourth-order valence-electron chi connectivity index (χ4n) is 1.53. The predicted octanol–water partition coefficient (Wildman–Crippen LogP) is 2.15. The van der Waals surface area contributed by atoms with Gasteiger partial charge in [0.25, 0.3) is 0 Å². The van der Waals surface area contributed by atoms with Crippen LogP contribution in [0.15, 0.2) is 33.1 Å². The van der Waals surface area contributed by atoms with Crippen molar-refractivity contribution in [2.45, 2.75) is 11.3 Å². The summed E-state index contributed by atoms with van der Waals surface area (Å²) in [6.45, 7) is 0.141. The first-order valence-corrected chi connectivity index (χ1v) is 8.68. The molecule has 3 N–H and O–H groups in total. The Bertz CT molecular complexity index is 705. The van der Waals surface area contributed by atoms with Gasteiger partial charge in [-0.05, 0) is 28.1 Å². The minimum atomic E-state index is -3.95. The summed E-state index contributed by atoms with van der Waals surface area (Å²) >= 11 is 4.36. The van der Waals surface area contributed by atoms with Crippen LogP contribution >= 0.6 is 27.3 Å². The highest BCUT2D eigenvalue weighted by molar-refractivity contribution is 9.10. The van der Waals surface area contributed by atoms with Gasteiger partial charge in [0.15, 0.2) is 5.82 Å². The number of sulfonamides is 1. The van der Waals surface area contributed by atoms with E-state index in [1.165, 1.54) is 17.4 Å². The molecular formula is C11H11BrFN3O2S2. The van der Waals surface area contributed by atoms with E-state index in [9.17, 15) is 12.8 Å². The molecule has 0 amide bonds. The first-order valence-electron chi connectivity index (χ1n) is 5.52. The van der Waals surface area contributed by atoms with Crippen LogP contribution in [0.25, 0.3) is 0 Å². The molecule has 9 heteroatoms. The zero-order valence-electron chi connectivity index (χ0n) is 10.1.